The van der Waals surface area contributed by atoms with Crippen LogP contribution in [0.15, 0.2) is 16.6 Å². The molecule has 1 aromatic carbocycles. The zero-order chi connectivity index (χ0) is 12.8. The third kappa shape index (κ3) is 1.71. The van der Waals surface area contributed by atoms with Crippen molar-refractivity contribution in [3.05, 3.63) is 33.3 Å². The number of rotatable bonds is 2. The molecule has 1 aromatic rings. The molecule has 0 amide bonds. The minimum Gasteiger partial charge on any atom is -0.481 e. The topological polar surface area (TPSA) is 37.3 Å². The minimum atomic E-state index is -0.648. The van der Waals surface area contributed by atoms with Gasteiger partial charge in [-0.3, -0.25) is 4.79 Å². The molecule has 1 saturated carbocycles. The van der Waals surface area contributed by atoms with E-state index in [2.05, 4.69) is 28.1 Å². The monoisotopic (exact) mass is 308 g/mol. The van der Waals surface area contributed by atoms with Crippen LogP contribution >= 0.6 is 15.9 Å². The Morgan fingerprint density at radius 3 is 2.56 bits per heavy atom. The smallest absolute Gasteiger partial charge is 0.314 e. The van der Waals surface area contributed by atoms with Crippen LogP contribution in [-0.4, -0.2) is 11.1 Å². The Morgan fingerprint density at radius 1 is 1.17 bits per heavy atom. The predicted molar refractivity (Wildman–Crippen MR) is 73.9 cm³/mol. The molecule has 0 unspecified atom stereocenters. The number of hydrogen-bond acceptors (Lipinski definition) is 1. The normalized spacial score (nSPS) is 20.9. The summed E-state index contributed by atoms with van der Waals surface area (Å²) in [5, 5.41) is 9.64. The van der Waals surface area contributed by atoms with Crippen LogP contribution in [0.4, 0.5) is 0 Å². The Balaban J connectivity index is 2.11. The Morgan fingerprint density at radius 2 is 1.89 bits per heavy atom. The van der Waals surface area contributed by atoms with Crippen LogP contribution < -0.4 is 0 Å². The third-order valence-corrected chi connectivity index (χ3v) is 5.29. The van der Waals surface area contributed by atoms with Crippen molar-refractivity contribution in [2.75, 3.05) is 0 Å². The summed E-state index contributed by atoms with van der Waals surface area (Å²) in [6, 6.07) is 4.22. The molecule has 0 heterocycles. The maximum Gasteiger partial charge on any atom is 0.314 e. The lowest BCUT2D eigenvalue weighted by atomic mass is 9.78. The van der Waals surface area contributed by atoms with E-state index in [4.69, 9.17) is 0 Å². The standard InChI is InChI=1S/C15H17BrO2/c16-13-9-11(8-10-4-3-5-12(10)13)15(14(17)18)6-1-2-7-15/h8-9H,1-7H2,(H,17,18). The van der Waals surface area contributed by atoms with Gasteiger partial charge in [0.25, 0.3) is 0 Å². The molecule has 2 aliphatic rings. The lowest BCUT2D eigenvalue weighted by Crippen LogP contribution is -2.32. The van der Waals surface area contributed by atoms with Crippen molar-refractivity contribution in [3.8, 4) is 0 Å². The van der Waals surface area contributed by atoms with Crippen molar-refractivity contribution >= 4 is 21.9 Å². The summed E-state index contributed by atoms with van der Waals surface area (Å²) >= 11 is 3.63. The second-order valence-corrected chi connectivity index (χ2v) is 6.40. The summed E-state index contributed by atoms with van der Waals surface area (Å²) in [5.74, 6) is -0.648. The lowest BCUT2D eigenvalue weighted by Gasteiger charge is -2.25. The number of carboxylic acids is 1. The molecule has 0 aliphatic heterocycles. The maximum absolute atomic E-state index is 11.7. The molecule has 0 saturated heterocycles. The van der Waals surface area contributed by atoms with Gasteiger partial charge in [0.2, 0.25) is 0 Å². The quantitative estimate of drug-likeness (QED) is 0.901. The Kier molecular flexibility index (Phi) is 2.97. The number of carbonyl (C=O) groups is 1. The molecule has 96 valence electrons. The maximum atomic E-state index is 11.7. The van der Waals surface area contributed by atoms with E-state index in [1.165, 1.54) is 17.5 Å². The second kappa shape index (κ2) is 4.37. The molecule has 0 radical (unpaired) electrons. The van der Waals surface area contributed by atoms with Gasteiger partial charge >= 0.3 is 5.97 Å². The lowest BCUT2D eigenvalue weighted by molar-refractivity contribution is -0.143. The van der Waals surface area contributed by atoms with Gasteiger partial charge in [0.15, 0.2) is 0 Å². The third-order valence-electron chi connectivity index (χ3n) is 4.58. The highest BCUT2D eigenvalue weighted by molar-refractivity contribution is 9.10. The first-order chi connectivity index (χ1) is 8.63. The van der Waals surface area contributed by atoms with Crippen LogP contribution in [0.5, 0.6) is 0 Å². The average Bonchev–Trinajstić information content (AvgIpc) is 2.98. The zero-order valence-electron chi connectivity index (χ0n) is 10.3. The van der Waals surface area contributed by atoms with Crippen molar-refractivity contribution in [1.82, 2.24) is 0 Å². The van der Waals surface area contributed by atoms with E-state index >= 15 is 0 Å². The van der Waals surface area contributed by atoms with E-state index in [-0.39, 0.29) is 0 Å². The number of carboxylic acid groups (broad SMARTS) is 1. The summed E-state index contributed by atoms with van der Waals surface area (Å²) in [6.07, 6.45) is 7.04. The summed E-state index contributed by atoms with van der Waals surface area (Å²) < 4.78 is 1.11. The molecule has 1 N–H and O–H groups in total. The van der Waals surface area contributed by atoms with Gasteiger partial charge in [0.1, 0.15) is 0 Å². The molecule has 18 heavy (non-hydrogen) atoms. The van der Waals surface area contributed by atoms with Crippen LogP contribution in [0, 0.1) is 0 Å². The highest BCUT2D eigenvalue weighted by atomic mass is 79.9. The summed E-state index contributed by atoms with van der Waals surface area (Å²) in [5.41, 5.74) is 3.13. The van der Waals surface area contributed by atoms with Gasteiger partial charge in [-0.2, -0.15) is 0 Å². The van der Waals surface area contributed by atoms with Crippen molar-refractivity contribution in [2.24, 2.45) is 0 Å². The molecule has 0 spiro atoms. The number of hydrogen-bond donors (Lipinski definition) is 1. The van der Waals surface area contributed by atoms with Crippen LogP contribution in [-0.2, 0) is 23.1 Å². The first kappa shape index (κ1) is 12.2. The van der Waals surface area contributed by atoms with Gasteiger partial charge in [-0.05, 0) is 54.9 Å². The Hall–Kier alpha value is -0.830. The van der Waals surface area contributed by atoms with Crippen LogP contribution in [0.1, 0.15) is 48.8 Å². The number of aryl methyl sites for hydroxylation is 1. The average molecular weight is 309 g/mol. The van der Waals surface area contributed by atoms with Gasteiger partial charge in [-0.1, -0.05) is 34.8 Å². The van der Waals surface area contributed by atoms with E-state index in [1.54, 1.807) is 0 Å². The van der Waals surface area contributed by atoms with Crippen LogP contribution in [0.3, 0.4) is 0 Å². The SMILES string of the molecule is O=C(O)C1(c2cc(Br)c3c(c2)CCC3)CCCC1. The molecule has 2 nitrogen and oxygen atoms in total. The van der Waals surface area contributed by atoms with Gasteiger partial charge in [0, 0.05) is 4.47 Å². The first-order valence-corrected chi connectivity index (χ1v) is 7.48. The number of halogens is 1. The fourth-order valence-electron chi connectivity index (χ4n) is 3.53. The highest BCUT2D eigenvalue weighted by Gasteiger charge is 2.43. The molecule has 0 bridgehead atoms. The van der Waals surface area contributed by atoms with E-state index < -0.39 is 11.4 Å². The second-order valence-electron chi connectivity index (χ2n) is 5.54. The van der Waals surface area contributed by atoms with Gasteiger partial charge < -0.3 is 5.11 Å². The van der Waals surface area contributed by atoms with E-state index in [9.17, 15) is 9.90 Å². The van der Waals surface area contributed by atoms with Gasteiger partial charge in [-0.25, -0.2) is 0 Å². The summed E-state index contributed by atoms with van der Waals surface area (Å²) in [7, 11) is 0. The minimum absolute atomic E-state index is 0.625. The number of aliphatic carboxylic acids is 1. The van der Waals surface area contributed by atoms with Crippen LogP contribution in [0.25, 0.3) is 0 Å². The molecule has 0 atom stereocenters. The molecule has 1 fully saturated rings. The van der Waals surface area contributed by atoms with Crippen molar-refractivity contribution in [3.63, 3.8) is 0 Å². The Bertz CT molecular complexity index is 501. The largest absolute Gasteiger partial charge is 0.481 e. The summed E-state index contributed by atoms with van der Waals surface area (Å²) in [6.45, 7) is 0. The van der Waals surface area contributed by atoms with Crippen LogP contribution in [0.2, 0.25) is 0 Å². The molecular weight excluding hydrogens is 292 g/mol. The highest BCUT2D eigenvalue weighted by Crippen LogP contribution is 2.44. The van der Waals surface area contributed by atoms with Crippen molar-refractivity contribution in [2.45, 2.75) is 50.4 Å². The zero-order valence-corrected chi connectivity index (χ0v) is 11.9. The fraction of sp³-hybridized carbons (Fsp3) is 0.533. The van der Waals surface area contributed by atoms with E-state index in [0.29, 0.717) is 0 Å². The molecule has 3 rings (SSSR count). The predicted octanol–water partition coefficient (Wildman–Crippen LogP) is 3.83. The fourth-order valence-corrected chi connectivity index (χ4v) is 4.23. The molecule has 3 heteroatoms. The van der Waals surface area contributed by atoms with E-state index in [1.807, 2.05) is 0 Å². The Labute approximate surface area is 116 Å². The molecule has 2 aliphatic carbocycles. The van der Waals surface area contributed by atoms with Crippen molar-refractivity contribution in [1.29, 1.82) is 0 Å². The van der Waals surface area contributed by atoms with Crippen molar-refractivity contribution < 1.29 is 9.90 Å². The molecule has 0 aromatic heterocycles. The van der Waals surface area contributed by atoms with Gasteiger partial charge in [-0.15, -0.1) is 0 Å². The first-order valence-electron chi connectivity index (χ1n) is 6.69. The van der Waals surface area contributed by atoms with Gasteiger partial charge in [0.05, 0.1) is 5.41 Å². The number of benzene rings is 1. The molecular formula is C15H17BrO2. The number of fused-ring (bicyclic) bond motifs is 1. The van der Waals surface area contributed by atoms with E-state index in [0.717, 1.165) is 48.6 Å². The summed E-state index contributed by atoms with van der Waals surface area (Å²) in [4.78, 5) is 11.7.